The lowest BCUT2D eigenvalue weighted by Gasteiger charge is -2.34. The quantitative estimate of drug-likeness (QED) is 0.542. The number of nitrogens with zero attached hydrogens (tertiary/aromatic N) is 3. The summed E-state index contributed by atoms with van der Waals surface area (Å²) in [5.74, 6) is -0.0798. The van der Waals surface area contributed by atoms with Crippen LogP contribution in [0, 0.1) is 16.0 Å². The molecule has 0 aliphatic carbocycles. The summed E-state index contributed by atoms with van der Waals surface area (Å²) in [6.07, 6.45) is 0.911. The van der Waals surface area contributed by atoms with Crippen molar-refractivity contribution in [1.82, 2.24) is 9.21 Å². The largest absolute Gasteiger partial charge is 0.444 e. The van der Waals surface area contributed by atoms with E-state index >= 15 is 0 Å². The fourth-order valence-electron chi connectivity index (χ4n) is 3.16. The lowest BCUT2D eigenvalue weighted by atomic mass is 9.99. The average Bonchev–Trinajstić information content (AvgIpc) is 2.60. The van der Waals surface area contributed by atoms with E-state index in [9.17, 15) is 23.3 Å². The van der Waals surface area contributed by atoms with Crippen molar-refractivity contribution in [3.8, 4) is 0 Å². The summed E-state index contributed by atoms with van der Waals surface area (Å²) < 4.78 is 32.6. The molecule has 9 nitrogen and oxygen atoms in total. The molecule has 2 rings (SSSR count). The molecule has 0 radical (unpaired) electrons. The maximum atomic E-state index is 13.0. The molecular formula is C18H27N3O6S. The molecular weight excluding hydrogens is 386 g/mol. The van der Waals surface area contributed by atoms with Crippen LogP contribution in [0.2, 0.25) is 0 Å². The highest BCUT2D eigenvalue weighted by Gasteiger charge is 2.35. The van der Waals surface area contributed by atoms with E-state index in [2.05, 4.69) is 0 Å². The SMILES string of the molecule is CN(CC1CCCN(S(=O)(=O)c2ccccc2[N+](=O)[O-])C1)C(=O)OC(C)(C)C. The van der Waals surface area contributed by atoms with Gasteiger partial charge in [0, 0.05) is 32.7 Å². The summed E-state index contributed by atoms with van der Waals surface area (Å²) >= 11 is 0. The van der Waals surface area contributed by atoms with Crippen molar-refractivity contribution < 1.29 is 22.9 Å². The minimum absolute atomic E-state index is 0.0798. The molecule has 1 atom stereocenters. The van der Waals surface area contributed by atoms with Crippen LogP contribution in [0.3, 0.4) is 0 Å². The van der Waals surface area contributed by atoms with E-state index in [1.165, 1.54) is 33.5 Å². The topological polar surface area (TPSA) is 110 Å². The Morgan fingerprint density at radius 2 is 2.00 bits per heavy atom. The first-order chi connectivity index (χ1) is 12.9. The number of nitro benzene ring substituents is 1. The molecule has 1 heterocycles. The maximum Gasteiger partial charge on any atom is 0.410 e. The Hall–Kier alpha value is -2.20. The van der Waals surface area contributed by atoms with Gasteiger partial charge in [0.25, 0.3) is 5.69 Å². The van der Waals surface area contributed by atoms with Crippen LogP contribution in [0.1, 0.15) is 33.6 Å². The number of nitro groups is 1. The van der Waals surface area contributed by atoms with Crippen molar-refractivity contribution in [2.45, 2.75) is 44.1 Å². The van der Waals surface area contributed by atoms with Crippen molar-refractivity contribution in [2.24, 2.45) is 5.92 Å². The standard InChI is InChI=1S/C18H27N3O6S/c1-18(2,3)27-17(22)19(4)12-14-8-7-11-20(13-14)28(25,26)16-10-6-5-9-15(16)21(23)24/h5-6,9-10,14H,7-8,11-13H2,1-4H3. The third kappa shape index (κ3) is 5.41. The molecule has 1 saturated heterocycles. The second kappa shape index (κ2) is 8.44. The Balaban J connectivity index is 2.13. The summed E-state index contributed by atoms with van der Waals surface area (Å²) in [6, 6.07) is 5.35. The molecule has 0 aromatic heterocycles. The lowest BCUT2D eigenvalue weighted by molar-refractivity contribution is -0.387. The Labute approximate surface area is 165 Å². The maximum absolute atomic E-state index is 13.0. The van der Waals surface area contributed by atoms with Gasteiger partial charge in [0.15, 0.2) is 4.90 Å². The van der Waals surface area contributed by atoms with Crippen LogP contribution in [0.15, 0.2) is 29.2 Å². The summed E-state index contributed by atoms with van der Waals surface area (Å²) in [7, 11) is -2.38. The van der Waals surface area contributed by atoms with Gasteiger partial charge in [-0.15, -0.1) is 0 Å². The summed E-state index contributed by atoms with van der Waals surface area (Å²) in [4.78, 5) is 23.8. The van der Waals surface area contributed by atoms with Crippen LogP contribution in [-0.4, -0.2) is 60.9 Å². The van der Waals surface area contributed by atoms with E-state index in [4.69, 9.17) is 4.74 Å². The fourth-order valence-corrected chi connectivity index (χ4v) is 4.87. The highest BCUT2D eigenvalue weighted by atomic mass is 32.2. The van der Waals surface area contributed by atoms with Crippen LogP contribution in [0.4, 0.5) is 10.5 Å². The van der Waals surface area contributed by atoms with Gasteiger partial charge in [-0.1, -0.05) is 12.1 Å². The minimum Gasteiger partial charge on any atom is -0.444 e. The first-order valence-corrected chi connectivity index (χ1v) is 10.5. The molecule has 0 bridgehead atoms. The molecule has 1 aliphatic heterocycles. The van der Waals surface area contributed by atoms with Crippen LogP contribution in [0.25, 0.3) is 0 Å². The molecule has 1 aromatic rings. The van der Waals surface area contributed by atoms with Crippen LogP contribution >= 0.6 is 0 Å². The van der Waals surface area contributed by atoms with Gasteiger partial charge in [0.2, 0.25) is 10.0 Å². The number of para-hydroxylation sites is 1. The smallest absolute Gasteiger partial charge is 0.410 e. The molecule has 1 aliphatic rings. The number of carbonyl (C=O) groups excluding carboxylic acids is 1. The van der Waals surface area contributed by atoms with Gasteiger partial charge in [0.1, 0.15) is 5.60 Å². The second-order valence-corrected chi connectivity index (χ2v) is 9.86. The van der Waals surface area contributed by atoms with Gasteiger partial charge in [-0.25, -0.2) is 13.2 Å². The molecule has 28 heavy (non-hydrogen) atoms. The Morgan fingerprint density at radius 3 is 2.61 bits per heavy atom. The number of carbonyl (C=O) groups is 1. The van der Waals surface area contributed by atoms with Crippen LogP contribution < -0.4 is 0 Å². The number of rotatable bonds is 5. The number of piperidine rings is 1. The molecule has 1 amide bonds. The molecule has 1 unspecified atom stereocenters. The van der Waals surface area contributed by atoms with Gasteiger partial charge in [-0.2, -0.15) is 4.31 Å². The van der Waals surface area contributed by atoms with Gasteiger partial charge >= 0.3 is 6.09 Å². The molecule has 1 aromatic carbocycles. The van der Waals surface area contributed by atoms with Crippen LogP contribution in [-0.2, 0) is 14.8 Å². The summed E-state index contributed by atoms with van der Waals surface area (Å²) in [5, 5.41) is 11.2. The van der Waals surface area contributed by atoms with E-state index in [0.717, 1.165) is 6.42 Å². The third-order valence-electron chi connectivity index (χ3n) is 4.40. The van der Waals surface area contributed by atoms with E-state index in [1.807, 2.05) is 0 Å². The van der Waals surface area contributed by atoms with Crippen molar-refractivity contribution in [2.75, 3.05) is 26.7 Å². The Bertz CT molecular complexity index is 834. The van der Waals surface area contributed by atoms with Crippen LogP contribution in [0.5, 0.6) is 0 Å². The highest BCUT2D eigenvalue weighted by molar-refractivity contribution is 7.89. The number of hydrogen-bond acceptors (Lipinski definition) is 6. The Morgan fingerprint density at radius 1 is 1.36 bits per heavy atom. The molecule has 1 fully saturated rings. The van der Waals surface area contributed by atoms with Gasteiger partial charge in [0.05, 0.1) is 4.92 Å². The third-order valence-corrected chi connectivity index (χ3v) is 6.31. The monoisotopic (exact) mass is 413 g/mol. The summed E-state index contributed by atoms with van der Waals surface area (Å²) in [6.45, 7) is 6.17. The Kier molecular flexibility index (Phi) is 6.66. The number of ether oxygens (including phenoxy) is 1. The molecule has 10 heteroatoms. The first kappa shape index (κ1) is 22.1. The second-order valence-electron chi connectivity index (χ2n) is 7.96. The lowest BCUT2D eigenvalue weighted by Crippen LogP contribution is -2.45. The molecule has 0 spiro atoms. The zero-order valence-electron chi connectivity index (χ0n) is 16.6. The van der Waals surface area contributed by atoms with E-state index in [0.29, 0.717) is 19.5 Å². The average molecular weight is 413 g/mol. The van der Waals surface area contributed by atoms with E-state index in [-0.39, 0.29) is 17.4 Å². The first-order valence-electron chi connectivity index (χ1n) is 9.09. The molecule has 156 valence electrons. The number of sulfonamides is 1. The number of amides is 1. The van der Waals surface area contributed by atoms with Gasteiger partial charge < -0.3 is 9.64 Å². The van der Waals surface area contributed by atoms with E-state index < -0.39 is 32.3 Å². The predicted molar refractivity (Wildman–Crippen MR) is 103 cm³/mol. The van der Waals surface area contributed by atoms with E-state index in [1.54, 1.807) is 27.8 Å². The zero-order chi connectivity index (χ0) is 21.1. The minimum atomic E-state index is -4.00. The number of hydrogen-bond donors (Lipinski definition) is 0. The van der Waals surface area contributed by atoms with Gasteiger partial charge in [-0.3, -0.25) is 10.1 Å². The normalized spacial score (nSPS) is 18.5. The van der Waals surface area contributed by atoms with Crippen molar-refractivity contribution >= 4 is 21.8 Å². The molecule has 0 N–H and O–H groups in total. The zero-order valence-corrected chi connectivity index (χ0v) is 17.4. The van der Waals surface area contributed by atoms with Crippen molar-refractivity contribution in [3.05, 3.63) is 34.4 Å². The van der Waals surface area contributed by atoms with Crippen molar-refractivity contribution in [1.29, 1.82) is 0 Å². The number of benzene rings is 1. The van der Waals surface area contributed by atoms with Crippen molar-refractivity contribution in [3.63, 3.8) is 0 Å². The summed E-state index contributed by atoms with van der Waals surface area (Å²) in [5.41, 5.74) is -1.05. The molecule has 0 saturated carbocycles. The predicted octanol–water partition coefficient (Wildman–Crippen LogP) is 2.86. The fraction of sp³-hybridized carbons (Fsp3) is 0.611. The highest BCUT2D eigenvalue weighted by Crippen LogP contribution is 2.29. The van der Waals surface area contributed by atoms with Gasteiger partial charge in [-0.05, 0) is 45.6 Å².